The first-order chi connectivity index (χ1) is 12.4. The molecule has 2 N–H and O–H groups in total. The van der Waals surface area contributed by atoms with Crippen molar-refractivity contribution >= 4 is 21.7 Å². The van der Waals surface area contributed by atoms with E-state index in [0.717, 1.165) is 5.56 Å². The van der Waals surface area contributed by atoms with Crippen LogP contribution in [0.5, 0.6) is 0 Å². The van der Waals surface area contributed by atoms with E-state index in [9.17, 15) is 23.1 Å². The summed E-state index contributed by atoms with van der Waals surface area (Å²) in [4.78, 5) is 23.5. The maximum atomic E-state index is 12.3. The van der Waals surface area contributed by atoms with Crippen LogP contribution in [0.2, 0.25) is 0 Å². The summed E-state index contributed by atoms with van der Waals surface area (Å²) >= 11 is 0. The number of carboxylic acids is 1. The number of sulfone groups is 1. The van der Waals surface area contributed by atoms with Gasteiger partial charge in [-0.15, -0.1) is 0 Å². The summed E-state index contributed by atoms with van der Waals surface area (Å²) in [6.07, 6.45) is 0.435. The zero-order chi connectivity index (χ0) is 19.0. The van der Waals surface area contributed by atoms with Crippen molar-refractivity contribution in [1.82, 2.24) is 5.32 Å². The number of aryl methyl sites for hydroxylation is 1. The van der Waals surface area contributed by atoms with Crippen LogP contribution in [0.15, 0.2) is 65.6 Å². The van der Waals surface area contributed by atoms with Crippen LogP contribution >= 0.6 is 0 Å². The molecule has 0 saturated heterocycles. The minimum absolute atomic E-state index is 0.138. The van der Waals surface area contributed by atoms with E-state index in [1.54, 1.807) is 18.2 Å². The molecule has 7 heteroatoms. The van der Waals surface area contributed by atoms with Gasteiger partial charge in [0.05, 0.1) is 10.6 Å². The lowest BCUT2D eigenvalue weighted by atomic mass is 10.1. The van der Waals surface area contributed by atoms with Crippen LogP contribution in [0, 0.1) is 0 Å². The van der Waals surface area contributed by atoms with Gasteiger partial charge in [-0.2, -0.15) is 0 Å². The van der Waals surface area contributed by atoms with Crippen molar-refractivity contribution in [3.8, 4) is 0 Å². The van der Waals surface area contributed by atoms with Crippen LogP contribution in [0.1, 0.15) is 18.4 Å². The summed E-state index contributed by atoms with van der Waals surface area (Å²) in [7, 11) is -3.59. The third kappa shape index (κ3) is 6.00. The highest BCUT2D eigenvalue weighted by molar-refractivity contribution is 7.91. The zero-order valence-corrected chi connectivity index (χ0v) is 15.0. The Labute approximate surface area is 152 Å². The number of benzene rings is 2. The number of amides is 1. The van der Waals surface area contributed by atoms with Crippen molar-refractivity contribution in [3.63, 3.8) is 0 Å². The molecule has 0 spiro atoms. The Morgan fingerprint density at radius 1 is 0.962 bits per heavy atom. The van der Waals surface area contributed by atoms with Crippen molar-refractivity contribution < 1.29 is 23.1 Å². The molecule has 0 aromatic heterocycles. The molecule has 0 unspecified atom stereocenters. The quantitative estimate of drug-likeness (QED) is 0.699. The highest BCUT2D eigenvalue weighted by atomic mass is 32.2. The van der Waals surface area contributed by atoms with Gasteiger partial charge in [-0.1, -0.05) is 48.5 Å². The molecule has 1 atom stereocenters. The average Bonchev–Trinajstić information content (AvgIpc) is 2.65. The van der Waals surface area contributed by atoms with Crippen LogP contribution in [0.4, 0.5) is 0 Å². The monoisotopic (exact) mass is 375 g/mol. The first-order valence-corrected chi connectivity index (χ1v) is 9.87. The molecule has 26 heavy (non-hydrogen) atoms. The minimum atomic E-state index is -3.59. The normalized spacial score (nSPS) is 12.3. The number of carboxylic acid groups (broad SMARTS) is 1. The Hall–Kier alpha value is -2.67. The molecule has 0 fully saturated rings. The van der Waals surface area contributed by atoms with Gasteiger partial charge >= 0.3 is 5.97 Å². The molecule has 1 amide bonds. The Morgan fingerprint density at radius 3 is 2.12 bits per heavy atom. The Bertz CT molecular complexity index is 835. The fraction of sp³-hybridized carbons (Fsp3) is 0.263. The topological polar surface area (TPSA) is 101 Å². The van der Waals surface area contributed by atoms with Crippen molar-refractivity contribution in [2.24, 2.45) is 0 Å². The van der Waals surface area contributed by atoms with Crippen molar-refractivity contribution in [2.45, 2.75) is 30.2 Å². The van der Waals surface area contributed by atoms with Crippen LogP contribution in [-0.2, 0) is 25.8 Å². The largest absolute Gasteiger partial charge is 0.480 e. The number of carbonyl (C=O) groups is 2. The minimum Gasteiger partial charge on any atom is -0.480 e. The second-order valence-corrected chi connectivity index (χ2v) is 7.97. The molecule has 6 nitrogen and oxygen atoms in total. The second-order valence-electron chi connectivity index (χ2n) is 5.86. The molecule has 0 aliphatic rings. The van der Waals surface area contributed by atoms with Gasteiger partial charge in [0.1, 0.15) is 6.04 Å². The van der Waals surface area contributed by atoms with Gasteiger partial charge < -0.3 is 10.4 Å². The molecule has 2 aromatic rings. The van der Waals surface area contributed by atoms with E-state index >= 15 is 0 Å². The number of hydrogen-bond donors (Lipinski definition) is 2. The first-order valence-electron chi connectivity index (χ1n) is 8.22. The second kappa shape index (κ2) is 9.15. The maximum Gasteiger partial charge on any atom is 0.326 e. The highest BCUT2D eigenvalue weighted by Crippen LogP contribution is 2.12. The number of hydrogen-bond acceptors (Lipinski definition) is 4. The van der Waals surface area contributed by atoms with Crippen molar-refractivity contribution in [1.29, 1.82) is 0 Å². The van der Waals surface area contributed by atoms with E-state index < -0.39 is 27.8 Å². The van der Waals surface area contributed by atoms with Crippen LogP contribution in [-0.4, -0.2) is 37.2 Å². The smallest absolute Gasteiger partial charge is 0.326 e. The zero-order valence-electron chi connectivity index (χ0n) is 14.2. The Balaban J connectivity index is 1.90. The van der Waals surface area contributed by atoms with Crippen molar-refractivity contribution in [3.05, 3.63) is 66.2 Å². The summed E-state index contributed by atoms with van der Waals surface area (Å²) in [5.74, 6) is -2.02. The molecule has 0 aliphatic carbocycles. The van der Waals surface area contributed by atoms with E-state index in [0.29, 0.717) is 6.42 Å². The molecular weight excluding hydrogens is 354 g/mol. The molecule has 2 aromatic carbocycles. The van der Waals surface area contributed by atoms with Crippen LogP contribution in [0.3, 0.4) is 0 Å². The molecule has 0 saturated carbocycles. The third-order valence-electron chi connectivity index (χ3n) is 3.89. The van der Waals surface area contributed by atoms with Crippen molar-refractivity contribution in [2.75, 3.05) is 5.75 Å². The number of carbonyl (C=O) groups excluding carboxylic acids is 1. The molecule has 2 rings (SSSR count). The van der Waals surface area contributed by atoms with E-state index in [4.69, 9.17) is 0 Å². The molecule has 0 bridgehead atoms. The number of aliphatic carboxylic acids is 1. The summed E-state index contributed by atoms with van der Waals surface area (Å²) in [5, 5.41) is 11.7. The van der Waals surface area contributed by atoms with E-state index in [2.05, 4.69) is 5.32 Å². The van der Waals surface area contributed by atoms with Gasteiger partial charge in [0.15, 0.2) is 9.84 Å². The molecule has 0 heterocycles. The lowest BCUT2D eigenvalue weighted by molar-refractivity contribution is -0.141. The van der Waals surface area contributed by atoms with Gasteiger partial charge in [0.2, 0.25) is 5.91 Å². The Morgan fingerprint density at radius 2 is 1.54 bits per heavy atom. The fourth-order valence-corrected chi connectivity index (χ4v) is 3.80. The van der Waals surface area contributed by atoms with Crippen LogP contribution < -0.4 is 5.32 Å². The summed E-state index contributed by atoms with van der Waals surface area (Å²) < 4.78 is 24.5. The van der Waals surface area contributed by atoms with E-state index in [-0.39, 0.29) is 23.5 Å². The molecular formula is C19H21NO5S. The summed E-state index contributed by atoms with van der Waals surface area (Å²) in [5.41, 5.74) is 0.973. The summed E-state index contributed by atoms with van der Waals surface area (Å²) in [6, 6.07) is 16.0. The fourth-order valence-electron chi connectivity index (χ4n) is 2.45. The predicted octanol–water partition coefficient (Wildman–Crippen LogP) is 2.05. The van der Waals surface area contributed by atoms with Gasteiger partial charge in [0.25, 0.3) is 0 Å². The SMILES string of the molecule is O=C(CCc1ccccc1)N[C@@H](CCS(=O)(=O)c1ccccc1)C(=O)O. The van der Waals surface area contributed by atoms with Crippen LogP contribution in [0.25, 0.3) is 0 Å². The number of nitrogens with one attached hydrogen (secondary N) is 1. The summed E-state index contributed by atoms with van der Waals surface area (Å²) in [6.45, 7) is 0. The van der Waals surface area contributed by atoms with Gasteiger partial charge in [-0.3, -0.25) is 4.79 Å². The Kier molecular flexibility index (Phi) is 6.91. The van der Waals surface area contributed by atoms with Gasteiger partial charge in [0, 0.05) is 6.42 Å². The number of rotatable bonds is 9. The van der Waals surface area contributed by atoms with Gasteiger partial charge in [-0.25, -0.2) is 13.2 Å². The highest BCUT2D eigenvalue weighted by Gasteiger charge is 2.23. The standard InChI is InChI=1S/C19H21NO5S/c21-18(12-11-15-7-3-1-4-8-15)20-17(19(22)23)13-14-26(24,25)16-9-5-2-6-10-16/h1-10,17H,11-14H2,(H,20,21)(H,22,23)/t17-/m0/s1. The first kappa shape index (κ1) is 19.7. The average molecular weight is 375 g/mol. The van der Waals surface area contributed by atoms with E-state index in [1.807, 2.05) is 30.3 Å². The lowest BCUT2D eigenvalue weighted by Gasteiger charge is -2.14. The third-order valence-corrected chi connectivity index (χ3v) is 5.66. The van der Waals surface area contributed by atoms with Gasteiger partial charge in [-0.05, 0) is 30.5 Å². The van der Waals surface area contributed by atoms with E-state index in [1.165, 1.54) is 12.1 Å². The predicted molar refractivity (Wildman–Crippen MR) is 97.4 cm³/mol. The molecule has 138 valence electrons. The molecule has 0 aliphatic heterocycles. The molecule has 0 radical (unpaired) electrons. The maximum absolute atomic E-state index is 12.3. The lowest BCUT2D eigenvalue weighted by Crippen LogP contribution is -2.42.